The highest BCUT2D eigenvalue weighted by atomic mass is 16.9. The van der Waals surface area contributed by atoms with Gasteiger partial charge in [0.15, 0.2) is 5.78 Å². The van der Waals surface area contributed by atoms with Gasteiger partial charge in [-0.2, -0.15) is 0 Å². The van der Waals surface area contributed by atoms with Gasteiger partial charge < -0.3 is 4.84 Å². The normalized spacial score (nSPS) is 35.0. The maximum absolute atomic E-state index is 11.7. The molecule has 112 valence electrons. The van der Waals surface area contributed by atoms with E-state index >= 15 is 0 Å². The second kappa shape index (κ2) is 5.54. The maximum Gasteiger partial charge on any atom is 0.294 e. The molecule has 1 unspecified atom stereocenters. The molecule has 20 heavy (non-hydrogen) atoms. The van der Waals surface area contributed by atoms with E-state index in [0.717, 1.165) is 19.3 Å². The Balaban J connectivity index is 2.07. The van der Waals surface area contributed by atoms with Crippen LogP contribution in [0.3, 0.4) is 0 Å². The summed E-state index contributed by atoms with van der Waals surface area (Å²) >= 11 is 0. The topological polar surface area (TPSA) is 69.4 Å². The third-order valence-corrected chi connectivity index (χ3v) is 5.38. The van der Waals surface area contributed by atoms with E-state index in [1.807, 2.05) is 13.0 Å². The first-order valence-electron chi connectivity index (χ1n) is 7.34. The summed E-state index contributed by atoms with van der Waals surface area (Å²) in [5, 5.41) is 9.59. The first-order valence-corrected chi connectivity index (χ1v) is 7.34. The second-order valence-electron chi connectivity index (χ2n) is 6.66. The SMILES string of the molecule is CC(CO[N+](=O)[O-])[C@@H]1CCC2=CC(=O)C[C@@H](C)[C@]2(C)C1. The largest absolute Gasteiger partial charge is 0.314 e. The van der Waals surface area contributed by atoms with E-state index in [1.54, 1.807) is 0 Å². The number of allylic oxidation sites excluding steroid dienone is 2. The van der Waals surface area contributed by atoms with Crippen molar-refractivity contribution in [3.05, 3.63) is 21.8 Å². The Labute approximate surface area is 119 Å². The number of carbonyl (C=O) groups excluding carboxylic acids is 1. The van der Waals surface area contributed by atoms with Crippen LogP contribution in [-0.4, -0.2) is 17.5 Å². The van der Waals surface area contributed by atoms with Gasteiger partial charge in [0.05, 0.1) is 6.61 Å². The summed E-state index contributed by atoms with van der Waals surface area (Å²) in [6, 6.07) is 0. The average molecular weight is 281 g/mol. The lowest BCUT2D eigenvalue weighted by molar-refractivity contribution is -0.759. The summed E-state index contributed by atoms with van der Waals surface area (Å²) in [6.45, 7) is 6.57. The van der Waals surface area contributed by atoms with Crippen LogP contribution in [0.15, 0.2) is 11.6 Å². The van der Waals surface area contributed by atoms with Crippen molar-refractivity contribution >= 4 is 5.78 Å². The minimum absolute atomic E-state index is 0.0691. The number of ketones is 1. The predicted molar refractivity (Wildman–Crippen MR) is 74.4 cm³/mol. The molecular weight excluding hydrogens is 258 g/mol. The Bertz CT molecular complexity index is 445. The summed E-state index contributed by atoms with van der Waals surface area (Å²) in [7, 11) is 0. The molecular formula is C15H23NO4. The van der Waals surface area contributed by atoms with Crippen LogP contribution in [0.4, 0.5) is 0 Å². The van der Waals surface area contributed by atoms with Gasteiger partial charge in [-0.25, -0.2) is 0 Å². The van der Waals surface area contributed by atoms with Crippen molar-refractivity contribution in [2.45, 2.75) is 46.5 Å². The fourth-order valence-corrected chi connectivity index (χ4v) is 3.74. The van der Waals surface area contributed by atoms with Gasteiger partial charge in [-0.1, -0.05) is 26.3 Å². The Hall–Kier alpha value is -1.39. The Morgan fingerprint density at radius 2 is 2.30 bits per heavy atom. The summed E-state index contributed by atoms with van der Waals surface area (Å²) in [5.41, 5.74) is 1.35. The van der Waals surface area contributed by atoms with Crippen LogP contribution in [0.25, 0.3) is 0 Å². The van der Waals surface area contributed by atoms with Crippen molar-refractivity contribution in [2.24, 2.45) is 23.2 Å². The van der Waals surface area contributed by atoms with E-state index in [0.29, 0.717) is 18.3 Å². The van der Waals surface area contributed by atoms with Crippen LogP contribution in [0.1, 0.15) is 46.5 Å². The molecule has 0 amide bonds. The van der Waals surface area contributed by atoms with Crippen LogP contribution < -0.4 is 0 Å². The molecule has 0 heterocycles. The molecule has 1 fully saturated rings. The van der Waals surface area contributed by atoms with Gasteiger partial charge in [0, 0.05) is 6.42 Å². The van der Waals surface area contributed by atoms with Gasteiger partial charge in [0.1, 0.15) is 0 Å². The molecule has 2 aliphatic carbocycles. The monoisotopic (exact) mass is 281 g/mol. The van der Waals surface area contributed by atoms with E-state index in [9.17, 15) is 14.9 Å². The quantitative estimate of drug-likeness (QED) is 0.586. The second-order valence-corrected chi connectivity index (χ2v) is 6.66. The fraction of sp³-hybridized carbons (Fsp3) is 0.800. The Morgan fingerprint density at radius 1 is 1.60 bits per heavy atom. The van der Waals surface area contributed by atoms with Crippen molar-refractivity contribution in [3.8, 4) is 0 Å². The van der Waals surface area contributed by atoms with Crippen molar-refractivity contribution < 1.29 is 14.7 Å². The van der Waals surface area contributed by atoms with E-state index in [4.69, 9.17) is 0 Å². The van der Waals surface area contributed by atoms with E-state index < -0.39 is 5.09 Å². The molecule has 0 spiro atoms. The molecule has 0 aromatic rings. The fourth-order valence-electron chi connectivity index (χ4n) is 3.74. The first-order chi connectivity index (χ1) is 9.33. The van der Waals surface area contributed by atoms with Crippen LogP contribution in [0.5, 0.6) is 0 Å². The Kier molecular flexibility index (Phi) is 4.16. The molecule has 0 aromatic carbocycles. The smallest absolute Gasteiger partial charge is 0.294 e. The molecule has 0 saturated heterocycles. The minimum atomic E-state index is -0.714. The molecule has 5 nitrogen and oxygen atoms in total. The van der Waals surface area contributed by atoms with Crippen molar-refractivity contribution in [1.29, 1.82) is 0 Å². The minimum Gasteiger partial charge on any atom is -0.314 e. The van der Waals surface area contributed by atoms with Gasteiger partial charge in [0.25, 0.3) is 5.09 Å². The summed E-state index contributed by atoms with van der Waals surface area (Å²) in [5.74, 6) is 1.19. The third-order valence-electron chi connectivity index (χ3n) is 5.38. The average Bonchev–Trinajstić information content (AvgIpc) is 2.37. The molecule has 2 aliphatic rings. The highest BCUT2D eigenvalue weighted by Crippen LogP contribution is 2.52. The van der Waals surface area contributed by atoms with Crippen molar-refractivity contribution in [1.82, 2.24) is 0 Å². The van der Waals surface area contributed by atoms with E-state index in [1.165, 1.54) is 5.57 Å². The summed E-state index contributed by atoms with van der Waals surface area (Å²) in [6.07, 6.45) is 5.38. The number of rotatable bonds is 4. The Morgan fingerprint density at radius 3 is 2.95 bits per heavy atom. The van der Waals surface area contributed by atoms with Gasteiger partial charge in [-0.3, -0.25) is 4.79 Å². The van der Waals surface area contributed by atoms with Gasteiger partial charge in [-0.15, -0.1) is 10.1 Å². The highest BCUT2D eigenvalue weighted by Gasteiger charge is 2.44. The number of fused-ring (bicyclic) bond motifs is 1. The summed E-state index contributed by atoms with van der Waals surface area (Å²) < 4.78 is 0. The predicted octanol–water partition coefficient (Wildman–Crippen LogP) is 3.17. The first kappa shape index (κ1) is 15.0. The van der Waals surface area contributed by atoms with Crippen molar-refractivity contribution in [3.63, 3.8) is 0 Å². The molecule has 0 bridgehead atoms. The van der Waals surface area contributed by atoms with Crippen LogP contribution in [0.2, 0.25) is 0 Å². The zero-order valence-electron chi connectivity index (χ0n) is 12.4. The number of nitrogens with zero attached hydrogens (tertiary/aromatic N) is 1. The summed E-state index contributed by atoms with van der Waals surface area (Å²) in [4.78, 5) is 26.5. The molecule has 4 atom stereocenters. The third kappa shape index (κ3) is 2.86. The number of hydrogen-bond acceptors (Lipinski definition) is 4. The molecule has 5 heteroatoms. The molecule has 2 rings (SSSR count). The van der Waals surface area contributed by atoms with Crippen LogP contribution in [-0.2, 0) is 9.63 Å². The van der Waals surface area contributed by atoms with Crippen molar-refractivity contribution in [2.75, 3.05) is 6.61 Å². The maximum atomic E-state index is 11.7. The van der Waals surface area contributed by atoms with Gasteiger partial charge in [0.2, 0.25) is 0 Å². The number of hydrogen-bond donors (Lipinski definition) is 0. The standard InChI is InChI=1S/C15H23NO4/c1-10(9-20-16(18)19)12-4-5-13-7-14(17)6-11(2)15(13,3)8-12/h7,10-12H,4-6,8-9H2,1-3H3/t10?,11-,12-,15+/m1/s1. The van der Waals surface area contributed by atoms with E-state index in [2.05, 4.69) is 18.7 Å². The van der Waals surface area contributed by atoms with Gasteiger partial charge >= 0.3 is 0 Å². The van der Waals surface area contributed by atoms with Crippen LogP contribution >= 0.6 is 0 Å². The number of carbonyl (C=O) groups is 1. The van der Waals surface area contributed by atoms with E-state index in [-0.39, 0.29) is 23.7 Å². The lowest BCUT2D eigenvalue weighted by Gasteiger charge is -2.48. The zero-order chi connectivity index (χ0) is 14.9. The molecule has 1 saturated carbocycles. The van der Waals surface area contributed by atoms with Gasteiger partial charge in [-0.05, 0) is 48.5 Å². The molecule has 0 radical (unpaired) electrons. The van der Waals surface area contributed by atoms with Crippen LogP contribution in [0, 0.1) is 33.3 Å². The lowest BCUT2D eigenvalue weighted by Crippen LogP contribution is -2.40. The lowest BCUT2D eigenvalue weighted by atomic mass is 9.57. The highest BCUT2D eigenvalue weighted by molar-refractivity contribution is 5.92. The molecule has 0 aliphatic heterocycles. The molecule has 0 N–H and O–H groups in total. The zero-order valence-corrected chi connectivity index (χ0v) is 12.4. The molecule has 0 aromatic heterocycles.